The molecule has 2 aliphatic heterocycles. The number of para-hydroxylation sites is 1. The Morgan fingerprint density at radius 1 is 1.09 bits per heavy atom. The predicted octanol–water partition coefficient (Wildman–Crippen LogP) is 4.49. The standard InChI is InChI=1S/C24H24N4O4S/c1-4-21-27-28-22(25)17(23(29)26-24(28)33-21)13-16-9-10-19(20(14-16)30-3)32-12-11-31-18-8-6-5-7-15(18)2/h5-10,13-14,25H,4,11-12H2,1-3H3/b17-13-,25-22?. The molecule has 2 aliphatic rings. The first-order chi connectivity index (χ1) is 16.0. The van der Waals surface area contributed by atoms with Gasteiger partial charge in [-0.3, -0.25) is 10.2 Å². The molecule has 33 heavy (non-hydrogen) atoms. The number of amidine groups is 2. The Labute approximate surface area is 196 Å². The van der Waals surface area contributed by atoms with E-state index in [-0.39, 0.29) is 11.4 Å². The van der Waals surface area contributed by atoms with Crippen molar-refractivity contribution in [2.75, 3.05) is 20.3 Å². The van der Waals surface area contributed by atoms with Crippen molar-refractivity contribution in [3.05, 3.63) is 59.2 Å². The first-order valence-electron chi connectivity index (χ1n) is 10.5. The molecule has 1 amide bonds. The lowest BCUT2D eigenvalue weighted by atomic mass is 10.1. The largest absolute Gasteiger partial charge is 0.493 e. The molecule has 0 aromatic heterocycles. The number of rotatable bonds is 8. The summed E-state index contributed by atoms with van der Waals surface area (Å²) in [6.45, 7) is 4.70. The van der Waals surface area contributed by atoms with E-state index in [2.05, 4.69) is 10.1 Å². The molecular formula is C24H24N4O4S. The zero-order valence-corrected chi connectivity index (χ0v) is 19.4. The van der Waals surface area contributed by atoms with Crippen molar-refractivity contribution < 1.29 is 19.0 Å². The molecule has 9 heteroatoms. The van der Waals surface area contributed by atoms with Gasteiger partial charge in [-0.2, -0.15) is 15.1 Å². The van der Waals surface area contributed by atoms with Gasteiger partial charge in [-0.15, -0.1) is 0 Å². The summed E-state index contributed by atoms with van der Waals surface area (Å²) in [5.74, 6) is 1.45. The molecule has 170 valence electrons. The quantitative estimate of drug-likeness (QED) is 0.457. The number of aliphatic imine (C=N–C) groups is 1. The minimum Gasteiger partial charge on any atom is -0.493 e. The third kappa shape index (κ3) is 4.93. The fraction of sp³-hybridized carbons (Fsp3) is 0.250. The summed E-state index contributed by atoms with van der Waals surface area (Å²) < 4.78 is 17.1. The number of hydrogen-bond acceptors (Lipinski definition) is 7. The Morgan fingerprint density at radius 3 is 2.58 bits per heavy atom. The number of hydrogen-bond donors (Lipinski definition) is 1. The molecule has 0 spiro atoms. The van der Waals surface area contributed by atoms with Gasteiger partial charge >= 0.3 is 0 Å². The lowest BCUT2D eigenvalue weighted by molar-refractivity contribution is -0.114. The first-order valence-corrected chi connectivity index (χ1v) is 11.3. The molecule has 0 fully saturated rings. The van der Waals surface area contributed by atoms with Gasteiger partial charge in [-0.1, -0.05) is 31.2 Å². The highest BCUT2D eigenvalue weighted by Gasteiger charge is 2.35. The summed E-state index contributed by atoms with van der Waals surface area (Å²) in [6.07, 6.45) is 2.33. The van der Waals surface area contributed by atoms with Crippen LogP contribution in [0.15, 0.2) is 58.1 Å². The molecule has 2 aromatic carbocycles. The number of carbonyl (C=O) groups is 1. The molecule has 4 rings (SSSR count). The van der Waals surface area contributed by atoms with Gasteiger partial charge in [0, 0.05) is 0 Å². The third-order valence-electron chi connectivity index (χ3n) is 4.99. The molecule has 8 nitrogen and oxygen atoms in total. The van der Waals surface area contributed by atoms with Crippen molar-refractivity contribution in [1.29, 1.82) is 5.41 Å². The molecule has 0 saturated carbocycles. The van der Waals surface area contributed by atoms with Crippen LogP contribution in [0.2, 0.25) is 0 Å². The number of amides is 1. The fourth-order valence-corrected chi connectivity index (χ4v) is 4.08. The van der Waals surface area contributed by atoms with Gasteiger partial charge in [0.15, 0.2) is 17.3 Å². The van der Waals surface area contributed by atoms with E-state index in [9.17, 15) is 4.79 Å². The molecular weight excluding hydrogens is 440 g/mol. The monoisotopic (exact) mass is 464 g/mol. The van der Waals surface area contributed by atoms with Gasteiger partial charge in [0.1, 0.15) is 24.0 Å². The highest BCUT2D eigenvalue weighted by Crippen LogP contribution is 2.32. The maximum atomic E-state index is 12.5. The van der Waals surface area contributed by atoms with Crippen LogP contribution in [0, 0.1) is 12.3 Å². The van der Waals surface area contributed by atoms with Crippen molar-refractivity contribution in [3.63, 3.8) is 0 Å². The minimum absolute atomic E-state index is 0.00796. The van der Waals surface area contributed by atoms with Crippen LogP contribution in [0.1, 0.15) is 24.5 Å². The van der Waals surface area contributed by atoms with Crippen LogP contribution in [0.3, 0.4) is 0 Å². The number of ether oxygens (including phenoxy) is 3. The molecule has 0 radical (unpaired) electrons. The summed E-state index contributed by atoms with van der Waals surface area (Å²) in [7, 11) is 1.55. The van der Waals surface area contributed by atoms with E-state index in [0.29, 0.717) is 35.4 Å². The zero-order valence-electron chi connectivity index (χ0n) is 18.6. The topological polar surface area (TPSA) is 96.6 Å². The second-order valence-electron chi connectivity index (χ2n) is 7.24. The van der Waals surface area contributed by atoms with Crippen LogP contribution in [-0.4, -0.2) is 47.3 Å². The Balaban J connectivity index is 1.45. The Morgan fingerprint density at radius 2 is 1.85 bits per heavy atom. The van der Waals surface area contributed by atoms with E-state index in [1.165, 1.54) is 16.8 Å². The summed E-state index contributed by atoms with van der Waals surface area (Å²) in [4.78, 5) is 16.6. The van der Waals surface area contributed by atoms with Crippen LogP contribution in [0.25, 0.3) is 6.08 Å². The van der Waals surface area contributed by atoms with Crippen LogP contribution >= 0.6 is 11.8 Å². The molecule has 0 aliphatic carbocycles. The molecule has 0 atom stereocenters. The van der Waals surface area contributed by atoms with Crippen molar-refractivity contribution in [3.8, 4) is 17.2 Å². The first kappa shape index (κ1) is 22.6. The summed E-state index contributed by atoms with van der Waals surface area (Å²) in [5, 5.41) is 15.4. The van der Waals surface area contributed by atoms with Crippen LogP contribution in [-0.2, 0) is 4.79 Å². The summed E-state index contributed by atoms with van der Waals surface area (Å²) in [5.41, 5.74) is 1.92. The van der Waals surface area contributed by atoms with Gasteiger partial charge in [-0.05, 0) is 60.5 Å². The SMILES string of the molecule is CCC1=NN2C(=N)/C(=C/c3ccc(OCCOc4ccccc4C)c(OC)c3)C(=O)N=C2S1. The zero-order chi connectivity index (χ0) is 23.4. The number of thioether (sulfide) groups is 1. The predicted molar refractivity (Wildman–Crippen MR) is 130 cm³/mol. The highest BCUT2D eigenvalue weighted by molar-refractivity contribution is 8.26. The number of nitrogens with one attached hydrogen (secondary N) is 1. The number of carbonyl (C=O) groups excluding carboxylic acids is 1. The lowest BCUT2D eigenvalue weighted by Crippen LogP contribution is -2.35. The molecule has 1 N–H and O–H groups in total. The number of aryl methyl sites for hydroxylation is 1. The number of benzene rings is 2. The Kier molecular flexibility index (Phi) is 6.79. The molecule has 0 saturated heterocycles. The second kappa shape index (κ2) is 9.91. The van der Waals surface area contributed by atoms with Gasteiger partial charge in [-0.25, -0.2) is 0 Å². The van der Waals surface area contributed by atoms with Crippen molar-refractivity contribution in [2.24, 2.45) is 10.1 Å². The normalized spacial score (nSPS) is 16.5. The van der Waals surface area contributed by atoms with Crippen molar-refractivity contribution in [1.82, 2.24) is 5.01 Å². The maximum absolute atomic E-state index is 12.5. The number of hydrazone groups is 1. The fourth-order valence-electron chi connectivity index (χ4n) is 3.26. The van der Waals surface area contributed by atoms with Crippen molar-refractivity contribution in [2.45, 2.75) is 20.3 Å². The van der Waals surface area contributed by atoms with E-state index < -0.39 is 5.91 Å². The van der Waals surface area contributed by atoms with Gasteiger partial charge in [0.05, 0.1) is 12.7 Å². The van der Waals surface area contributed by atoms with Gasteiger partial charge in [0.2, 0.25) is 5.17 Å². The maximum Gasteiger partial charge on any atom is 0.283 e. The second-order valence-corrected chi connectivity index (χ2v) is 8.28. The lowest BCUT2D eigenvalue weighted by Gasteiger charge is -2.20. The molecule has 2 aromatic rings. The third-order valence-corrected chi connectivity index (χ3v) is 6.04. The average molecular weight is 465 g/mol. The molecule has 2 heterocycles. The van der Waals surface area contributed by atoms with Crippen LogP contribution in [0.4, 0.5) is 0 Å². The smallest absolute Gasteiger partial charge is 0.283 e. The van der Waals surface area contributed by atoms with Gasteiger partial charge in [0.25, 0.3) is 5.91 Å². The summed E-state index contributed by atoms with van der Waals surface area (Å²) >= 11 is 1.32. The molecule has 0 unspecified atom stereocenters. The highest BCUT2D eigenvalue weighted by atomic mass is 32.2. The molecule has 0 bridgehead atoms. The number of nitrogens with zero attached hydrogens (tertiary/aromatic N) is 3. The van der Waals surface area contributed by atoms with E-state index in [1.54, 1.807) is 31.4 Å². The number of methoxy groups -OCH3 is 1. The van der Waals surface area contributed by atoms with E-state index in [0.717, 1.165) is 22.8 Å². The van der Waals surface area contributed by atoms with E-state index in [1.807, 2.05) is 38.1 Å². The number of fused-ring (bicyclic) bond motifs is 1. The van der Waals surface area contributed by atoms with Crippen LogP contribution < -0.4 is 14.2 Å². The van der Waals surface area contributed by atoms with Crippen molar-refractivity contribution >= 4 is 39.8 Å². The van der Waals surface area contributed by atoms with E-state index in [4.69, 9.17) is 19.6 Å². The Hall–Kier alpha value is -3.59. The summed E-state index contributed by atoms with van der Waals surface area (Å²) in [6, 6.07) is 13.1. The van der Waals surface area contributed by atoms with E-state index >= 15 is 0 Å². The average Bonchev–Trinajstić information content (AvgIpc) is 3.24. The minimum atomic E-state index is -0.459. The van der Waals surface area contributed by atoms with Crippen LogP contribution in [0.5, 0.6) is 17.2 Å². The van der Waals surface area contributed by atoms with Gasteiger partial charge < -0.3 is 14.2 Å². The Bertz CT molecular complexity index is 1190.